The largest absolute Gasteiger partial charge is 0.481 e. The first-order chi connectivity index (χ1) is 8.31. The van der Waals surface area contributed by atoms with Crippen molar-refractivity contribution < 1.29 is 15.0 Å². The quantitative estimate of drug-likeness (QED) is 0.841. The monoisotopic (exact) mass is 248 g/mol. The molecule has 0 atom stereocenters. The maximum Gasteiger partial charge on any atom is 0.309 e. The second-order valence-electron chi connectivity index (χ2n) is 6.09. The van der Waals surface area contributed by atoms with Gasteiger partial charge in [-0.2, -0.15) is 0 Å². The molecule has 1 saturated carbocycles. The molecule has 0 aliphatic heterocycles. The van der Waals surface area contributed by atoms with E-state index in [0.29, 0.717) is 12.8 Å². The maximum absolute atomic E-state index is 11.1. The number of hydrogen-bond donors (Lipinski definition) is 2. The molecule has 1 fully saturated rings. The minimum Gasteiger partial charge on any atom is -0.481 e. The van der Waals surface area contributed by atoms with Gasteiger partial charge in [-0.1, -0.05) is 24.3 Å². The molecule has 1 aromatic carbocycles. The van der Waals surface area contributed by atoms with Crippen molar-refractivity contribution in [2.24, 2.45) is 5.41 Å². The van der Waals surface area contributed by atoms with Gasteiger partial charge in [-0.15, -0.1) is 0 Å². The van der Waals surface area contributed by atoms with Crippen molar-refractivity contribution in [2.75, 3.05) is 0 Å². The molecule has 0 unspecified atom stereocenters. The summed E-state index contributed by atoms with van der Waals surface area (Å²) in [4.78, 5) is 11.1. The van der Waals surface area contributed by atoms with Crippen molar-refractivity contribution in [1.29, 1.82) is 0 Å². The van der Waals surface area contributed by atoms with E-state index in [1.165, 1.54) is 0 Å². The van der Waals surface area contributed by atoms with Crippen LogP contribution in [0.5, 0.6) is 0 Å². The third-order valence-electron chi connectivity index (χ3n) is 3.58. The number of aliphatic carboxylic acids is 1. The standard InChI is InChI=1S/C15H20O3/c1-14(2,13(16)17)9-11-4-3-5-12(8-11)10-15(18)6-7-15/h3-5,8,18H,6-7,9-10H2,1-2H3,(H,16,17). The van der Waals surface area contributed by atoms with E-state index in [2.05, 4.69) is 0 Å². The Morgan fingerprint density at radius 2 is 1.94 bits per heavy atom. The number of benzene rings is 1. The predicted molar refractivity (Wildman–Crippen MR) is 69.5 cm³/mol. The number of rotatable bonds is 5. The average Bonchev–Trinajstić information content (AvgIpc) is 2.95. The molecule has 1 aliphatic carbocycles. The van der Waals surface area contributed by atoms with Crippen molar-refractivity contribution in [1.82, 2.24) is 0 Å². The van der Waals surface area contributed by atoms with Crippen LogP contribution in [0.15, 0.2) is 24.3 Å². The fraction of sp³-hybridized carbons (Fsp3) is 0.533. The molecule has 1 aromatic rings. The minimum absolute atomic E-state index is 0.499. The van der Waals surface area contributed by atoms with Crippen molar-refractivity contribution in [3.8, 4) is 0 Å². The smallest absolute Gasteiger partial charge is 0.309 e. The Kier molecular flexibility index (Phi) is 3.20. The lowest BCUT2D eigenvalue weighted by atomic mass is 9.85. The van der Waals surface area contributed by atoms with E-state index < -0.39 is 17.0 Å². The number of carbonyl (C=O) groups is 1. The van der Waals surface area contributed by atoms with Crippen LogP contribution in [0.1, 0.15) is 37.8 Å². The maximum atomic E-state index is 11.1. The van der Waals surface area contributed by atoms with Crippen LogP contribution in [0, 0.1) is 5.41 Å². The van der Waals surface area contributed by atoms with Gasteiger partial charge in [-0.25, -0.2) is 0 Å². The SMILES string of the molecule is CC(C)(Cc1cccc(CC2(O)CC2)c1)C(=O)O. The molecular formula is C15H20O3. The Balaban J connectivity index is 2.10. The van der Waals surface area contributed by atoms with Crippen molar-refractivity contribution in [3.05, 3.63) is 35.4 Å². The van der Waals surface area contributed by atoms with Gasteiger partial charge in [0.25, 0.3) is 0 Å². The number of aliphatic hydroxyl groups is 1. The normalized spacial score (nSPS) is 17.5. The van der Waals surface area contributed by atoms with E-state index in [1.807, 2.05) is 24.3 Å². The molecule has 0 amide bonds. The summed E-state index contributed by atoms with van der Waals surface area (Å²) in [6.07, 6.45) is 2.93. The Morgan fingerprint density at radius 1 is 1.33 bits per heavy atom. The van der Waals surface area contributed by atoms with Crippen LogP contribution in [0.3, 0.4) is 0 Å². The summed E-state index contributed by atoms with van der Waals surface area (Å²) < 4.78 is 0. The van der Waals surface area contributed by atoms with Crippen LogP contribution in [-0.4, -0.2) is 21.8 Å². The van der Waals surface area contributed by atoms with E-state index in [1.54, 1.807) is 13.8 Å². The van der Waals surface area contributed by atoms with Gasteiger partial charge in [-0.3, -0.25) is 4.79 Å². The molecule has 0 heterocycles. The van der Waals surface area contributed by atoms with Gasteiger partial charge < -0.3 is 10.2 Å². The van der Waals surface area contributed by atoms with E-state index in [9.17, 15) is 9.90 Å². The summed E-state index contributed by atoms with van der Waals surface area (Å²) in [6, 6.07) is 7.90. The number of hydrogen-bond acceptors (Lipinski definition) is 2. The fourth-order valence-electron chi connectivity index (χ4n) is 2.14. The third kappa shape index (κ3) is 3.10. The highest BCUT2D eigenvalue weighted by Crippen LogP contribution is 2.38. The van der Waals surface area contributed by atoms with Crippen molar-refractivity contribution in [2.45, 2.75) is 45.1 Å². The highest BCUT2D eigenvalue weighted by molar-refractivity contribution is 5.74. The summed E-state index contributed by atoms with van der Waals surface area (Å²) in [5, 5.41) is 19.0. The van der Waals surface area contributed by atoms with Crippen molar-refractivity contribution >= 4 is 5.97 Å². The molecule has 0 spiro atoms. The summed E-state index contributed by atoms with van der Waals surface area (Å²) in [7, 11) is 0. The Morgan fingerprint density at radius 3 is 2.50 bits per heavy atom. The number of carboxylic acid groups (broad SMARTS) is 1. The van der Waals surface area contributed by atoms with Crippen LogP contribution in [-0.2, 0) is 17.6 Å². The molecule has 0 aromatic heterocycles. The molecule has 2 N–H and O–H groups in total. The Bertz CT molecular complexity index is 459. The summed E-state index contributed by atoms with van der Waals surface area (Å²) >= 11 is 0. The highest BCUT2D eigenvalue weighted by atomic mass is 16.4. The zero-order valence-corrected chi connectivity index (χ0v) is 10.9. The third-order valence-corrected chi connectivity index (χ3v) is 3.58. The lowest BCUT2D eigenvalue weighted by Crippen LogP contribution is -2.26. The van der Waals surface area contributed by atoms with Crippen molar-refractivity contribution in [3.63, 3.8) is 0 Å². The van der Waals surface area contributed by atoms with Crippen LogP contribution in [0.25, 0.3) is 0 Å². The van der Waals surface area contributed by atoms with Gasteiger partial charge in [-0.05, 0) is 44.2 Å². The van der Waals surface area contributed by atoms with Gasteiger partial charge in [0.05, 0.1) is 11.0 Å². The molecule has 18 heavy (non-hydrogen) atoms. The summed E-state index contributed by atoms with van der Waals surface area (Å²) in [5.74, 6) is -0.784. The molecule has 0 saturated heterocycles. The van der Waals surface area contributed by atoms with E-state index in [-0.39, 0.29) is 0 Å². The highest BCUT2D eigenvalue weighted by Gasteiger charge is 2.40. The van der Waals surface area contributed by atoms with Gasteiger partial charge in [0.15, 0.2) is 0 Å². The first kappa shape index (κ1) is 13.1. The first-order valence-corrected chi connectivity index (χ1v) is 6.34. The van der Waals surface area contributed by atoms with E-state index >= 15 is 0 Å². The molecule has 0 radical (unpaired) electrons. The second kappa shape index (κ2) is 4.39. The van der Waals surface area contributed by atoms with E-state index in [4.69, 9.17) is 5.11 Å². The fourth-order valence-corrected chi connectivity index (χ4v) is 2.14. The molecular weight excluding hydrogens is 228 g/mol. The predicted octanol–water partition coefficient (Wildman–Crippen LogP) is 2.41. The summed E-state index contributed by atoms with van der Waals surface area (Å²) in [6.45, 7) is 3.47. The van der Waals surface area contributed by atoms with Gasteiger partial charge in [0.1, 0.15) is 0 Å². The molecule has 0 bridgehead atoms. The average molecular weight is 248 g/mol. The molecule has 3 nitrogen and oxygen atoms in total. The Labute approximate surface area is 107 Å². The Hall–Kier alpha value is -1.35. The first-order valence-electron chi connectivity index (χ1n) is 6.34. The molecule has 98 valence electrons. The molecule has 1 aliphatic rings. The van der Waals surface area contributed by atoms with Crippen LogP contribution >= 0.6 is 0 Å². The van der Waals surface area contributed by atoms with Crippen LogP contribution < -0.4 is 0 Å². The zero-order chi connectivity index (χ0) is 13.4. The van der Waals surface area contributed by atoms with Gasteiger partial charge >= 0.3 is 5.97 Å². The topological polar surface area (TPSA) is 57.5 Å². The summed E-state index contributed by atoms with van der Waals surface area (Å²) in [5.41, 5.74) is 0.855. The number of carboxylic acids is 1. The lowest BCUT2D eigenvalue weighted by molar-refractivity contribution is -0.146. The van der Waals surface area contributed by atoms with Crippen LogP contribution in [0.4, 0.5) is 0 Å². The van der Waals surface area contributed by atoms with Crippen LogP contribution in [0.2, 0.25) is 0 Å². The lowest BCUT2D eigenvalue weighted by Gasteiger charge is -2.19. The van der Waals surface area contributed by atoms with E-state index in [0.717, 1.165) is 24.0 Å². The van der Waals surface area contributed by atoms with Gasteiger partial charge in [0.2, 0.25) is 0 Å². The zero-order valence-electron chi connectivity index (χ0n) is 10.9. The minimum atomic E-state index is -0.784. The molecule has 3 heteroatoms. The molecule has 2 rings (SSSR count). The second-order valence-corrected chi connectivity index (χ2v) is 6.09. The van der Waals surface area contributed by atoms with Gasteiger partial charge in [0, 0.05) is 6.42 Å².